The maximum Gasteiger partial charge on any atom is 0.401 e. The van der Waals surface area contributed by atoms with Gasteiger partial charge in [0.15, 0.2) is 5.75 Å². The largest absolute Gasteiger partial charge is 0.486 e. The number of ether oxygens (including phenoxy) is 2. The molecule has 2 aliphatic heterocycles. The Hall–Kier alpha value is -2.99. The van der Waals surface area contributed by atoms with E-state index in [0.717, 1.165) is 16.5 Å². The van der Waals surface area contributed by atoms with Crippen LogP contribution < -0.4 is 9.47 Å². The molecule has 38 heavy (non-hydrogen) atoms. The summed E-state index contributed by atoms with van der Waals surface area (Å²) in [6, 6.07) is 6.94. The number of halogens is 6. The normalized spacial score (nSPS) is 21.1. The van der Waals surface area contributed by atoms with Crippen molar-refractivity contribution in [3.63, 3.8) is 0 Å². The summed E-state index contributed by atoms with van der Waals surface area (Å²) in [6.07, 6.45) is -2.68. The van der Waals surface area contributed by atoms with Gasteiger partial charge in [-0.25, -0.2) is 0 Å². The SMILES string of the molecule is C[C@@H]1Cc2c([nH]c3ccccc23)[C@@H](c2ncc(OC3CN(CCCF)C3)cc2OC(F)F)N1CC(F)(F)F. The van der Waals surface area contributed by atoms with Gasteiger partial charge in [-0.15, -0.1) is 0 Å². The Kier molecular flexibility index (Phi) is 7.45. The highest BCUT2D eigenvalue weighted by molar-refractivity contribution is 5.85. The number of nitrogens with zero attached hydrogens (tertiary/aromatic N) is 3. The fraction of sp³-hybridized carbons (Fsp3) is 0.500. The molecule has 4 heterocycles. The Morgan fingerprint density at radius 1 is 1.18 bits per heavy atom. The number of aromatic nitrogens is 2. The molecule has 0 unspecified atom stereocenters. The van der Waals surface area contributed by atoms with Gasteiger partial charge in [-0.05, 0) is 31.4 Å². The van der Waals surface area contributed by atoms with Gasteiger partial charge in [0.2, 0.25) is 0 Å². The van der Waals surface area contributed by atoms with Gasteiger partial charge in [-0.1, -0.05) is 18.2 Å². The third-order valence-corrected chi connectivity index (χ3v) is 7.05. The van der Waals surface area contributed by atoms with E-state index in [9.17, 15) is 26.3 Å². The second-order valence-corrected chi connectivity index (χ2v) is 9.78. The molecule has 0 saturated carbocycles. The predicted molar refractivity (Wildman–Crippen MR) is 128 cm³/mol. The smallest absolute Gasteiger partial charge is 0.401 e. The maximum atomic E-state index is 13.7. The molecule has 6 nitrogen and oxygen atoms in total. The molecule has 0 spiro atoms. The third-order valence-electron chi connectivity index (χ3n) is 7.05. The van der Waals surface area contributed by atoms with E-state index in [4.69, 9.17) is 9.47 Å². The van der Waals surface area contributed by atoms with Gasteiger partial charge in [0.1, 0.15) is 17.5 Å². The van der Waals surface area contributed by atoms with Crippen molar-refractivity contribution in [1.82, 2.24) is 19.8 Å². The molecule has 5 rings (SSSR count). The van der Waals surface area contributed by atoms with Crippen molar-refractivity contribution >= 4 is 10.9 Å². The highest BCUT2D eigenvalue weighted by atomic mass is 19.4. The summed E-state index contributed by atoms with van der Waals surface area (Å²) >= 11 is 0. The lowest BCUT2D eigenvalue weighted by Gasteiger charge is -2.41. The van der Waals surface area contributed by atoms with Crippen molar-refractivity contribution in [2.75, 3.05) is 32.9 Å². The highest BCUT2D eigenvalue weighted by Crippen LogP contribution is 2.44. The number of benzene rings is 1. The summed E-state index contributed by atoms with van der Waals surface area (Å²) in [6.45, 7) is -1.52. The molecule has 3 aromatic rings. The standard InChI is InChI=1S/C26H28F6N4O2/c1-15-9-19-18-5-2-3-6-20(18)34-22(19)24(36(15)14-26(30,31)32)23-21(38-25(28)29)10-16(11-33-23)37-17-12-35(13-17)8-4-7-27/h2-3,5-6,10-11,15,17,24-25,34H,4,7-9,12-14H2,1H3/t15-,24+/m1/s1. The Labute approximate surface area is 215 Å². The second-order valence-electron chi connectivity index (χ2n) is 9.78. The van der Waals surface area contributed by atoms with E-state index in [1.807, 2.05) is 29.2 Å². The van der Waals surface area contributed by atoms with E-state index in [1.54, 1.807) is 6.92 Å². The van der Waals surface area contributed by atoms with Crippen LogP contribution >= 0.6 is 0 Å². The zero-order valence-corrected chi connectivity index (χ0v) is 20.6. The lowest BCUT2D eigenvalue weighted by Crippen LogP contribution is -2.53. The van der Waals surface area contributed by atoms with Crippen LogP contribution in [-0.2, 0) is 6.42 Å². The van der Waals surface area contributed by atoms with Crippen molar-refractivity contribution in [2.45, 2.75) is 50.7 Å². The van der Waals surface area contributed by atoms with Gasteiger partial charge >= 0.3 is 12.8 Å². The van der Waals surface area contributed by atoms with Crippen LogP contribution in [0.1, 0.15) is 36.3 Å². The first-order valence-electron chi connectivity index (χ1n) is 12.4. The Bertz CT molecular complexity index is 1260. The van der Waals surface area contributed by atoms with Gasteiger partial charge in [0.25, 0.3) is 0 Å². The average Bonchev–Trinajstić information content (AvgIpc) is 3.18. The topological polar surface area (TPSA) is 53.6 Å². The lowest BCUT2D eigenvalue weighted by molar-refractivity contribution is -0.156. The quantitative estimate of drug-likeness (QED) is 0.363. The molecule has 0 radical (unpaired) electrons. The Morgan fingerprint density at radius 2 is 1.95 bits per heavy atom. The molecule has 2 aliphatic rings. The van der Waals surface area contributed by atoms with Crippen molar-refractivity contribution in [2.24, 2.45) is 0 Å². The van der Waals surface area contributed by atoms with Gasteiger partial charge in [0.05, 0.1) is 25.5 Å². The van der Waals surface area contributed by atoms with E-state index in [0.29, 0.717) is 38.2 Å². The van der Waals surface area contributed by atoms with Crippen LogP contribution in [-0.4, -0.2) is 77.6 Å². The van der Waals surface area contributed by atoms with Gasteiger partial charge < -0.3 is 14.5 Å². The third kappa shape index (κ3) is 5.56. The number of aromatic amines is 1. The van der Waals surface area contributed by atoms with Crippen molar-refractivity contribution < 1.29 is 35.8 Å². The van der Waals surface area contributed by atoms with E-state index in [2.05, 4.69) is 9.97 Å². The van der Waals surface area contributed by atoms with Crippen molar-refractivity contribution in [1.29, 1.82) is 0 Å². The van der Waals surface area contributed by atoms with Gasteiger partial charge in [-0.2, -0.15) is 22.0 Å². The van der Waals surface area contributed by atoms with Crippen LogP contribution in [0, 0.1) is 0 Å². The molecular weight excluding hydrogens is 514 g/mol. The van der Waals surface area contributed by atoms with Crippen LogP contribution in [0.15, 0.2) is 36.5 Å². The van der Waals surface area contributed by atoms with Crippen LogP contribution in [0.5, 0.6) is 11.5 Å². The van der Waals surface area contributed by atoms with Gasteiger partial charge in [0, 0.05) is 48.3 Å². The minimum absolute atomic E-state index is 0.0561. The number of alkyl halides is 6. The maximum absolute atomic E-state index is 13.7. The van der Waals surface area contributed by atoms with E-state index < -0.39 is 38.1 Å². The first-order chi connectivity index (χ1) is 18.1. The minimum Gasteiger partial charge on any atom is -0.486 e. The number of nitrogens with one attached hydrogen (secondary N) is 1. The molecular formula is C26H28F6N4O2. The molecule has 0 amide bonds. The van der Waals surface area contributed by atoms with Gasteiger partial charge in [-0.3, -0.25) is 19.2 Å². The van der Waals surface area contributed by atoms with Crippen molar-refractivity contribution in [3.05, 3.63) is 53.5 Å². The molecule has 1 fully saturated rings. The number of hydrogen-bond acceptors (Lipinski definition) is 5. The number of rotatable bonds is 9. The van der Waals surface area contributed by atoms with E-state index in [1.165, 1.54) is 17.2 Å². The first-order valence-corrected chi connectivity index (χ1v) is 12.4. The summed E-state index contributed by atoms with van der Waals surface area (Å²) in [5.41, 5.74) is 1.97. The Balaban J connectivity index is 1.52. The van der Waals surface area contributed by atoms with Crippen LogP contribution in [0.3, 0.4) is 0 Å². The number of H-pyrrole nitrogens is 1. The predicted octanol–water partition coefficient (Wildman–Crippen LogP) is 5.49. The number of fused-ring (bicyclic) bond motifs is 3. The average molecular weight is 543 g/mol. The monoisotopic (exact) mass is 542 g/mol. The summed E-state index contributed by atoms with van der Waals surface area (Å²) in [5, 5.41) is 0.865. The summed E-state index contributed by atoms with van der Waals surface area (Å²) in [5.74, 6) is -0.176. The van der Waals surface area contributed by atoms with Crippen LogP contribution in [0.25, 0.3) is 10.9 Å². The number of para-hydroxylation sites is 1. The molecule has 206 valence electrons. The zero-order chi connectivity index (χ0) is 27.0. The Morgan fingerprint density at radius 3 is 2.66 bits per heavy atom. The fourth-order valence-corrected chi connectivity index (χ4v) is 5.41. The first kappa shape index (κ1) is 26.6. The molecule has 0 bridgehead atoms. The molecule has 12 heteroatoms. The molecule has 1 N–H and O–H groups in total. The number of likely N-dealkylation sites (tertiary alicyclic amines) is 1. The number of hydrogen-bond donors (Lipinski definition) is 1. The van der Waals surface area contributed by atoms with Crippen LogP contribution in [0.2, 0.25) is 0 Å². The van der Waals surface area contributed by atoms with E-state index in [-0.39, 0.29) is 23.3 Å². The fourth-order valence-electron chi connectivity index (χ4n) is 5.41. The molecule has 2 atom stereocenters. The lowest BCUT2D eigenvalue weighted by atomic mass is 9.90. The molecule has 2 aromatic heterocycles. The highest BCUT2D eigenvalue weighted by Gasteiger charge is 2.43. The summed E-state index contributed by atoms with van der Waals surface area (Å²) in [7, 11) is 0. The van der Waals surface area contributed by atoms with Crippen molar-refractivity contribution in [3.8, 4) is 11.5 Å². The zero-order valence-electron chi connectivity index (χ0n) is 20.6. The summed E-state index contributed by atoms with van der Waals surface area (Å²) < 4.78 is 91.1. The second kappa shape index (κ2) is 10.6. The molecule has 1 saturated heterocycles. The minimum atomic E-state index is -4.53. The summed E-state index contributed by atoms with van der Waals surface area (Å²) in [4.78, 5) is 10.8. The molecule has 1 aromatic carbocycles. The number of pyridine rings is 1. The van der Waals surface area contributed by atoms with E-state index >= 15 is 0 Å². The molecule has 0 aliphatic carbocycles. The van der Waals surface area contributed by atoms with Crippen LogP contribution in [0.4, 0.5) is 26.3 Å².